The standard InChI is InChI=1S/C10H8N4O3/c11-7-5-12-9(13-10(7)15)6-3-1-2-4-8(6)14(16)17/h1-5H,11H2,(H,12,13,15). The lowest BCUT2D eigenvalue weighted by molar-refractivity contribution is -0.384. The molecule has 0 saturated carbocycles. The van der Waals surface area contributed by atoms with Gasteiger partial charge in [-0.05, 0) is 6.07 Å². The Kier molecular flexibility index (Phi) is 2.57. The zero-order chi connectivity index (χ0) is 12.4. The third kappa shape index (κ3) is 1.98. The molecule has 0 spiro atoms. The normalized spacial score (nSPS) is 10.1. The van der Waals surface area contributed by atoms with Gasteiger partial charge in [0.15, 0.2) is 0 Å². The van der Waals surface area contributed by atoms with E-state index >= 15 is 0 Å². The highest BCUT2D eigenvalue weighted by Gasteiger charge is 2.15. The number of nitro groups is 1. The van der Waals surface area contributed by atoms with Crippen LogP contribution in [0.3, 0.4) is 0 Å². The quantitative estimate of drug-likeness (QED) is 0.590. The fourth-order valence-corrected chi connectivity index (χ4v) is 1.37. The molecule has 0 fully saturated rings. The summed E-state index contributed by atoms with van der Waals surface area (Å²) in [5, 5.41) is 10.8. The Morgan fingerprint density at radius 2 is 2.06 bits per heavy atom. The number of nitro benzene ring substituents is 1. The van der Waals surface area contributed by atoms with Crippen LogP contribution >= 0.6 is 0 Å². The third-order valence-electron chi connectivity index (χ3n) is 2.18. The van der Waals surface area contributed by atoms with E-state index in [0.717, 1.165) is 0 Å². The van der Waals surface area contributed by atoms with Crippen LogP contribution in [0, 0.1) is 10.1 Å². The summed E-state index contributed by atoms with van der Waals surface area (Å²) in [7, 11) is 0. The summed E-state index contributed by atoms with van der Waals surface area (Å²) in [4.78, 5) is 27.8. The van der Waals surface area contributed by atoms with Crippen molar-refractivity contribution in [2.45, 2.75) is 0 Å². The van der Waals surface area contributed by atoms with Crippen molar-refractivity contribution in [2.24, 2.45) is 0 Å². The van der Waals surface area contributed by atoms with Gasteiger partial charge >= 0.3 is 0 Å². The number of nitrogens with zero attached hydrogens (tertiary/aromatic N) is 2. The van der Waals surface area contributed by atoms with Gasteiger partial charge in [-0.2, -0.15) is 0 Å². The Hall–Kier alpha value is -2.70. The Bertz CT molecular complexity index is 635. The van der Waals surface area contributed by atoms with Crippen LogP contribution in [0.2, 0.25) is 0 Å². The molecule has 2 aromatic rings. The molecule has 0 unspecified atom stereocenters. The first-order valence-corrected chi connectivity index (χ1v) is 4.68. The number of hydrogen-bond acceptors (Lipinski definition) is 5. The molecule has 1 aromatic carbocycles. The van der Waals surface area contributed by atoms with E-state index in [0.29, 0.717) is 0 Å². The van der Waals surface area contributed by atoms with Crippen LogP contribution in [0.25, 0.3) is 11.4 Å². The van der Waals surface area contributed by atoms with Crippen LogP contribution in [0.1, 0.15) is 0 Å². The van der Waals surface area contributed by atoms with Crippen molar-refractivity contribution < 1.29 is 4.92 Å². The number of nitrogen functional groups attached to an aromatic ring is 1. The van der Waals surface area contributed by atoms with Crippen LogP contribution in [-0.4, -0.2) is 14.9 Å². The highest BCUT2D eigenvalue weighted by atomic mass is 16.6. The minimum Gasteiger partial charge on any atom is -0.393 e. The van der Waals surface area contributed by atoms with Gasteiger partial charge in [-0.3, -0.25) is 14.9 Å². The van der Waals surface area contributed by atoms with Crippen molar-refractivity contribution in [3.05, 3.63) is 50.9 Å². The van der Waals surface area contributed by atoms with Gasteiger partial charge < -0.3 is 10.7 Å². The molecule has 0 radical (unpaired) electrons. The van der Waals surface area contributed by atoms with E-state index in [1.54, 1.807) is 6.07 Å². The summed E-state index contributed by atoms with van der Waals surface area (Å²) < 4.78 is 0. The number of anilines is 1. The molecule has 0 atom stereocenters. The van der Waals surface area contributed by atoms with Gasteiger partial charge in [-0.1, -0.05) is 12.1 Å². The molecule has 7 heteroatoms. The van der Waals surface area contributed by atoms with Gasteiger partial charge in [-0.25, -0.2) is 4.98 Å². The van der Waals surface area contributed by atoms with Crippen LogP contribution in [0.4, 0.5) is 11.4 Å². The molecule has 3 N–H and O–H groups in total. The molecule has 0 aliphatic heterocycles. The Morgan fingerprint density at radius 3 is 2.71 bits per heavy atom. The lowest BCUT2D eigenvalue weighted by Gasteiger charge is -2.01. The predicted molar refractivity (Wildman–Crippen MR) is 61.4 cm³/mol. The van der Waals surface area contributed by atoms with Gasteiger partial charge in [0, 0.05) is 6.07 Å². The van der Waals surface area contributed by atoms with Crippen LogP contribution in [-0.2, 0) is 0 Å². The first kappa shape index (κ1) is 10.8. The first-order chi connectivity index (χ1) is 8.09. The molecule has 0 amide bonds. The number of hydrogen-bond donors (Lipinski definition) is 2. The van der Waals surface area contributed by atoms with Gasteiger partial charge in [0.25, 0.3) is 11.2 Å². The third-order valence-corrected chi connectivity index (χ3v) is 2.18. The fourth-order valence-electron chi connectivity index (χ4n) is 1.37. The number of nitrogens with two attached hydrogens (primary N) is 1. The van der Waals surface area contributed by atoms with Gasteiger partial charge in [0.1, 0.15) is 11.5 Å². The van der Waals surface area contributed by atoms with Crippen molar-refractivity contribution >= 4 is 11.4 Å². The Labute approximate surface area is 95.1 Å². The molecule has 0 aliphatic carbocycles. The summed E-state index contributed by atoms with van der Waals surface area (Å²) in [5.41, 5.74) is 4.89. The van der Waals surface area contributed by atoms with E-state index in [1.807, 2.05) is 0 Å². The Balaban J connectivity index is 2.64. The smallest absolute Gasteiger partial charge is 0.280 e. The largest absolute Gasteiger partial charge is 0.393 e. The molecule has 7 nitrogen and oxygen atoms in total. The summed E-state index contributed by atoms with van der Waals surface area (Å²) in [6.45, 7) is 0. The molecular weight excluding hydrogens is 224 g/mol. The fraction of sp³-hybridized carbons (Fsp3) is 0. The van der Waals surface area contributed by atoms with Gasteiger partial charge in [-0.15, -0.1) is 0 Å². The molecule has 1 heterocycles. The molecule has 17 heavy (non-hydrogen) atoms. The van der Waals surface area contributed by atoms with Crippen molar-refractivity contribution in [3.63, 3.8) is 0 Å². The van der Waals surface area contributed by atoms with E-state index in [1.165, 1.54) is 24.4 Å². The maximum absolute atomic E-state index is 11.3. The number of benzene rings is 1. The van der Waals surface area contributed by atoms with Crippen LogP contribution in [0.15, 0.2) is 35.3 Å². The number of nitrogens with one attached hydrogen (secondary N) is 1. The summed E-state index contributed by atoms with van der Waals surface area (Å²) in [6, 6.07) is 6.01. The lowest BCUT2D eigenvalue weighted by Crippen LogP contribution is -2.13. The second kappa shape index (κ2) is 4.05. The van der Waals surface area contributed by atoms with Crippen molar-refractivity contribution in [3.8, 4) is 11.4 Å². The van der Waals surface area contributed by atoms with E-state index in [2.05, 4.69) is 9.97 Å². The number of H-pyrrole nitrogens is 1. The number of aromatic nitrogens is 2. The topological polar surface area (TPSA) is 115 Å². The maximum atomic E-state index is 11.3. The second-order valence-electron chi connectivity index (χ2n) is 3.29. The molecule has 86 valence electrons. The van der Waals surface area contributed by atoms with E-state index in [-0.39, 0.29) is 22.8 Å². The van der Waals surface area contributed by atoms with Crippen LogP contribution in [0.5, 0.6) is 0 Å². The van der Waals surface area contributed by atoms with Crippen LogP contribution < -0.4 is 11.3 Å². The average Bonchev–Trinajstić information content (AvgIpc) is 2.32. The minimum atomic E-state index is -0.536. The number of rotatable bonds is 2. The minimum absolute atomic E-state index is 0.0349. The maximum Gasteiger partial charge on any atom is 0.280 e. The highest BCUT2D eigenvalue weighted by molar-refractivity contribution is 5.67. The zero-order valence-electron chi connectivity index (χ0n) is 8.58. The molecule has 0 saturated heterocycles. The molecule has 2 rings (SSSR count). The van der Waals surface area contributed by atoms with Crippen molar-refractivity contribution in [1.82, 2.24) is 9.97 Å². The first-order valence-electron chi connectivity index (χ1n) is 4.68. The molecule has 1 aromatic heterocycles. The van der Waals surface area contributed by atoms with E-state index in [9.17, 15) is 14.9 Å². The lowest BCUT2D eigenvalue weighted by atomic mass is 10.1. The summed E-state index contributed by atoms with van der Waals surface area (Å²) in [5.74, 6) is 0.122. The monoisotopic (exact) mass is 232 g/mol. The summed E-state index contributed by atoms with van der Waals surface area (Å²) >= 11 is 0. The van der Waals surface area contributed by atoms with Gasteiger partial charge in [0.05, 0.1) is 16.7 Å². The number of para-hydroxylation sites is 1. The molecular formula is C10H8N4O3. The molecule has 0 bridgehead atoms. The van der Waals surface area contributed by atoms with Gasteiger partial charge in [0.2, 0.25) is 0 Å². The second-order valence-corrected chi connectivity index (χ2v) is 3.29. The number of aromatic amines is 1. The predicted octanol–water partition coefficient (Wildman–Crippen LogP) is 0.927. The van der Waals surface area contributed by atoms with Crippen molar-refractivity contribution in [2.75, 3.05) is 5.73 Å². The summed E-state index contributed by atoms with van der Waals surface area (Å²) in [6.07, 6.45) is 1.17. The van der Waals surface area contributed by atoms with E-state index < -0.39 is 10.5 Å². The van der Waals surface area contributed by atoms with Crippen molar-refractivity contribution in [1.29, 1.82) is 0 Å². The Morgan fingerprint density at radius 1 is 1.35 bits per heavy atom. The zero-order valence-corrected chi connectivity index (χ0v) is 8.58. The average molecular weight is 232 g/mol. The highest BCUT2D eigenvalue weighted by Crippen LogP contribution is 2.25. The SMILES string of the molecule is Nc1cnc(-c2ccccc2[N+](=O)[O-])[nH]c1=O. The molecule has 0 aliphatic rings. The van der Waals surface area contributed by atoms with E-state index in [4.69, 9.17) is 5.73 Å².